The molecule has 1 aromatic heterocycles. The molecule has 1 aromatic carbocycles. The number of hydrogen-bond donors (Lipinski definition) is 1. The molecule has 0 saturated carbocycles. The predicted molar refractivity (Wildman–Crippen MR) is 71.4 cm³/mol. The minimum Gasteiger partial charge on any atom is -0.494 e. The second-order valence-electron chi connectivity index (χ2n) is 4.27. The van der Waals surface area contributed by atoms with Gasteiger partial charge < -0.3 is 10.5 Å². The van der Waals surface area contributed by atoms with Crippen molar-refractivity contribution in [3.63, 3.8) is 0 Å². The van der Waals surface area contributed by atoms with Gasteiger partial charge in [0.05, 0.1) is 12.3 Å². The zero-order valence-electron chi connectivity index (χ0n) is 10.7. The number of hydrogen-bond acceptors (Lipinski definition) is 3. The van der Waals surface area contributed by atoms with Crippen LogP contribution in [-0.2, 0) is 13.1 Å². The van der Waals surface area contributed by atoms with Gasteiger partial charge in [-0.25, -0.2) is 0 Å². The third-order valence-electron chi connectivity index (χ3n) is 2.73. The van der Waals surface area contributed by atoms with E-state index in [1.807, 2.05) is 48.1 Å². The molecular weight excluding hydrogens is 226 g/mol. The Hall–Kier alpha value is -1.81. The van der Waals surface area contributed by atoms with E-state index in [2.05, 4.69) is 5.10 Å². The molecule has 2 rings (SSSR count). The second-order valence-corrected chi connectivity index (χ2v) is 4.27. The molecular formula is C14H19N3O. The first-order valence-corrected chi connectivity index (χ1v) is 6.20. The van der Waals surface area contributed by atoms with Crippen molar-refractivity contribution in [2.24, 2.45) is 5.73 Å². The highest BCUT2D eigenvalue weighted by Crippen LogP contribution is 2.12. The smallest absolute Gasteiger partial charge is 0.119 e. The maximum absolute atomic E-state index is 5.65. The Kier molecular flexibility index (Phi) is 4.36. The third kappa shape index (κ3) is 3.60. The lowest BCUT2D eigenvalue weighted by atomic mass is 10.2. The molecule has 0 atom stereocenters. The molecule has 0 aliphatic heterocycles. The molecule has 4 heteroatoms. The summed E-state index contributed by atoms with van der Waals surface area (Å²) in [6, 6.07) is 9.91. The first-order chi connectivity index (χ1) is 8.78. The molecule has 0 fully saturated rings. The highest BCUT2D eigenvalue weighted by Gasteiger charge is 1.96. The van der Waals surface area contributed by atoms with Gasteiger partial charge in [-0.1, -0.05) is 12.1 Å². The summed E-state index contributed by atoms with van der Waals surface area (Å²) in [7, 11) is 0. The molecule has 2 N–H and O–H groups in total. The minimum atomic E-state index is 0.568. The van der Waals surface area contributed by atoms with Crippen LogP contribution in [0.4, 0.5) is 0 Å². The molecule has 4 nitrogen and oxygen atoms in total. The summed E-state index contributed by atoms with van der Waals surface area (Å²) in [6.45, 7) is 4.14. The number of nitrogens with zero attached hydrogens (tertiary/aromatic N) is 2. The Labute approximate surface area is 107 Å². The number of aryl methyl sites for hydroxylation is 2. The zero-order chi connectivity index (χ0) is 12.8. The van der Waals surface area contributed by atoms with Crippen molar-refractivity contribution in [3.8, 4) is 5.75 Å². The van der Waals surface area contributed by atoms with E-state index in [1.54, 1.807) is 0 Å². The van der Waals surface area contributed by atoms with E-state index in [4.69, 9.17) is 10.5 Å². The van der Waals surface area contributed by atoms with Crippen LogP contribution in [0.1, 0.15) is 17.7 Å². The Balaban J connectivity index is 1.71. The Bertz CT molecular complexity index is 476. The summed E-state index contributed by atoms with van der Waals surface area (Å²) >= 11 is 0. The fourth-order valence-corrected chi connectivity index (χ4v) is 1.73. The molecule has 0 aliphatic carbocycles. The van der Waals surface area contributed by atoms with Gasteiger partial charge in [-0.2, -0.15) is 5.10 Å². The highest BCUT2D eigenvalue weighted by molar-refractivity contribution is 5.26. The number of ether oxygens (including phenoxy) is 1. The van der Waals surface area contributed by atoms with Crippen molar-refractivity contribution in [2.45, 2.75) is 26.4 Å². The Morgan fingerprint density at radius 1 is 1.22 bits per heavy atom. The monoisotopic (exact) mass is 245 g/mol. The van der Waals surface area contributed by atoms with E-state index in [-0.39, 0.29) is 0 Å². The minimum absolute atomic E-state index is 0.568. The highest BCUT2D eigenvalue weighted by atomic mass is 16.5. The summed E-state index contributed by atoms with van der Waals surface area (Å²) in [5, 5.41) is 4.33. The Morgan fingerprint density at radius 2 is 2.00 bits per heavy atom. The van der Waals surface area contributed by atoms with Crippen LogP contribution in [0.3, 0.4) is 0 Å². The SMILES string of the molecule is Cc1ccn(CCCOc2ccc(CN)cc2)n1. The van der Waals surface area contributed by atoms with E-state index in [1.165, 1.54) is 0 Å². The molecule has 0 spiro atoms. The van der Waals surface area contributed by atoms with Crippen molar-refractivity contribution >= 4 is 0 Å². The van der Waals surface area contributed by atoms with Gasteiger partial charge in [0, 0.05) is 25.7 Å². The molecule has 96 valence electrons. The van der Waals surface area contributed by atoms with E-state index in [0.717, 1.165) is 30.0 Å². The molecule has 18 heavy (non-hydrogen) atoms. The summed E-state index contributed by atoms with van der Waals surface area (Å²) in [4.78, 5) is 0. The van der Waals surface area contributed by atoms with Gasteiger partial charge in [0.15, 0.2) is 0 Å². The first kappa shape index (κ1) is 12.6. The van der Waals surface area contributed by atoms with Gasteiger partial charge >= 0.3 is 0 Å². The fraction of sp³-hybridized carbons (Fsp3) is 0.357. The van der Waals surface area contributed by atoms with Crippen LogP contribution >= 0.6 is 0 Å². The summed E-state index contributed by atoms with van der Waals surface area (Å²) < 4.78 is 7.59. The predicted octanol–water partition coefficient (Wildman–Crippen LogP) is 2.12. The average Bonchev–Trinajstić information content (AvgIpc) is 2.81. The van der Waals surface area contributed by atoms with Crippen LogP contribution in [0.25, 0.3) is 0 Å². The second kappa shape index (κ2) is 6.21. The summed E-state index contributed by atoms with van der Waals surface area (Å²) in [5.74, 6) is 0.892. The molecule has 1 heterocycles. The van der Waals surface area contributed by atoms with Crippen molar-refractivity contribution in [1.82, 2.24) is 9.78 Å². The molecule has 0 saturated heterocycles. The maximum Gasteiger partial charge on any atom is 0.119 e. The van der Waals surface area contributed by atoms with Gasteiger partial charge in [-0.3, -0.25) is 4.68 Å². The van der Waals surface area contributed by atoms with Gasteiger partial charge in [-0.05, 0) is 30.7 Å². The fourth-order valence-electron chi connectivity index (χ4n) is 1.73. The summed E-state index contributed by atoms with van der Waals surface area (Å²) in [6.07, 6.45) is 2.94. The van der Waals surface area contributed by atoms with Crippen molar-refractivity contribution in [3.05, 3.63) is 47.8 Å². The number of rotatable bonds is 6. The van der Waals surface area contributed by atoms with Crippen LogP contribution in [0.2, 0.25) is 0 Å². The largest absolute Gasteiger partial charge is 0.494 e. The topological polar surface area (TPSA) is 53.1 Å². The number of benzene rings is 1. The van der Waals surface area contributed by atoms with E-state index < -0.39 is 0 Å². The molecule has 2 aromatic rings. The lowest BCUT2D eigenvalue weighted by molar-refractivity contribution is 0.298. The van der Waals surface area contributed by atoms with E-state index >= 15 is 0 Å². The molecule has 0 bridgehead atoms. The average molecular weight is 245 g/mol. The molecule has 0 aliphatic rings. The van der Waals surface area contributed by atoms with Gasteiger partial charge in [0.1, 0.15) is 5.75 Å². The van der Waals surface area contributed by atoms with Gasteiger partial charge in [0.25, 0.3) is 0 Å². The first-order valence-electron chi connectivity index (χ1n) is 6.20. The van der Waals surface area contributed by atoms with Crippen molar-refractivity contribution in [2.75, 3.05) is 6.61 Å². The number of aromatic nitrogens is 2. The Morgan fingerprint density at radius 3 is 2.61 bits per heavy atom. The van der Waals surface area contributed by atoms with Crippen LogP contribution in [0, 0.1) is 6.92 Å². The maximum atomic E-state index is 5.65. The van der Waals surface area contributed by atoms with Crippen molar-refractivity contribution in [1.29, 1.82) is 0 Å². The van der Waals surface area contributed by atoms with Gasteiger partial charge in [0.2, 0.25) is 0 Å². The van der Waals surface area contributed by atoms with E-state index in [9.17, 15) is 0 Å². The number of nitrogens with two attached hydrogens (primary N) is 1. The van der Waals surface area contributed by atoms with Crippen LogP contribution in [0.5, 0.6) is 5.75 Å². The zero-order valence-corrected chi connectivity index (χ0v) is 10.7. The van der Waals surface area contributed by atoms with Crippen LogP contribution in [-0.4, -0.2) is 16.4 Å². The summed E-state index contributed by atoms with van der Waals surface area (Å²) in [5.41, 5.74) is 7.71. The van der Waals surface area contributed by atoms with Crippen molar-refractivity contribution < 1.29 is 4.74 Å². The van der Waals surface area contributed by atoms with Crippen LogP contribution < -0.4 is 10.5 Å². The third-order valence-corrected chi connectivity index (χ3v) is 2.73. The molecule has 0 amide bonds. The van der Waals surface area contributed by atoms with Crippen LogP contribution in [0.15, 0.2) is 36.5 Å². The van der Waals surface area contributed by atoms with Gasteiger partial charge in [-0.15, -0.1) is 0 Å². The lowest BCUT2D eigenvalue weighted by Gasteiger charge is -2.07. The quantitative estimate of drug-likeness (QED) is 0.793. The standard InChI is InChI=1S/C14H19N3O/c1-12-7-9-17(16-12)8-2-10-18-14-5-3-13(11-15)4-6-14/h3-7,9H,2,8,10-11,15H2,1H3. The normalized spacial score (nSPS) is 10.6. The van der Waals surface area contributed by atoms with E-state index in [0.29, 0.717) is 13.2 Å². The molecule has 0 radical (unpaired) electrons. The lowest BCUT2D eigenvalue weighted by Crippen LogP contribution is -2.05. The molecule has 0 unspecified atom stereocenters.